The summed E-state index contributed by atoms with van der Waals surface area (Å²) in [5.41, 5.74) is 0. The predicted octanol–water partition coefficient (Wildman–Crippen LogP) is 2.66. The molecule has 1 saturated carbocycles. The van der Waals surface area contributed by atoms with Crippen LogP contribution in [0.2, 0.25) is 0 Å². The molecule has 0 heterocycles. The minimum absolute atomic E-state index is 0.639. The van der Waals surface area contributed by atoms with Gasteiger partial charge >= 0.3 is 0 Å². The second-order valence-corrected chi connectivity index (χ2v) is 4.93. The summed E-state index contributed by atoms with van der Waals surface area (Å²) in [4.78, 5) is 0. The molecule has 0 atom stereocenters. The summed E-state index contributed by atoms with van der Waals surface area (Å²) in [6, 6.07) is 0. The van der Waals surface area contributed by atoms with E-state index >= 15 is 0 Å². The minimum atomic E-state index is -0.639. The summed E-state index contributed by atoms with van der Waals surface area (Å²) in [5.74, 6) is 1.12. The van der Waals surface area contributed by atoms with Gasteiger partial charge in [0.2, 0.25) is 8.14 Å². The van der Waals surface area contributed by atoms with E-state index in [0.717, 1.165) is 5.92 Å². The van der Waals surface area contributed by atoms with Gasteiger partial charge in [-0.2, -0.15) is 22.2 Å². The van der Waals surface area contributed by atoms with Gasteiger partial charge in [-0.25, -0.2) is 0 Å². The highest BCUT2D eigenvalue weighted by molar-refractivity contribution is 7.22. The van der Waals surface area contributed by atoms with Gasteiger partial charge in [0.25, 0.3) is 0 Å². The molecule has 0 aromatic rings. The Morgan fingerprint density at radius 1 is 1.44 bits per heavy atom. The highest BCUT2D eigenvalue weighted by atomic mass is 35.7. The third kappa shape index (κ3) is 5.25. The molecule has 0 aromatic carbocycles. The second kappa shape index (κ2) is 6.91. The largest absolute Gasteiger partial charge is 0.222 e. The third-order valence-electron chi connectivity index (χ3n) is 1.80. The van der Waals surface area contributed by atoms with Gasteiger partial charge in [-0.15, -0.1) is 0 Å². The van der Waals surface area contributed by atoms with Gasteiger partial charge < -0.3 is 0 Å². The summed E-state index contributed by atoms with van der Waals surface area (Å²) >= 11 is 9.81. The van der Waals surface area contributed by atoms with E-state index in [1.807, 2.05) is 0 Å². The van der Waals surface area contributed by atoms with Crippen LogP contribution in [-0.4, -0.2) is 8.14 Å². The monoisotopic (exact) mass is 184 g/mol. The number of hydrogen-bond donors (Lipinski definition) is 0. The van der Waals surface area contributed by atoms with Gasteiger partial charge in [-0.3, -0.25) is 0 Å². The van der Waals surface area contributed by atoms with Crippen molar-refractivity contribution in [3.8, 4) is 0 Å². The second-order valence-electron chi connectivity index (χ2n) is 2.31. The van der Waals surface area contributed by atoms with Crippen molar-refractivity contribution in [2.24, 2.45) is 5.92 Å². The van der Waals surface area contributed by atoms with Gasteiger partial charge in [0, 0.05) is 0 Å². The summed E-state index contributed by atoms with van der Waals surface area (Å²) in [6.45, 7) is 2.28. The van der Waals surface area contributed by atoms with Crippen LogP contribution in [0.15, 0.2) is 0 Å². The van der Waals surface area contributed by atoms with Crippen LogP contribution < -0.4 is 0 Å². The van der Waals surface area contributed by atoms with Crippen LogP contribution in [0, 0.1) is 5.92 Å². The molecule has 0 radical (unpaired) electrons. The van der Waals surface area contributed by atoms with Gasteiger partial charge in [0.05, 0.1) is 0 Å². The molecule has 9 heavy (non-hydrogen) atoms. The Kier molecular flexibility index (Phi) is 7.52. The lowest BCUT2D eigenvalue weighted by molar-refractivity contribution is 0.307. The van der Waals surface area contributed by atoms with E-state index in [1.165, 1.54) is 25.7 Å². The van der Waals surface area contributed by atoms with Crippen molar-refractivity contribution in [3.63, 3.8) is 0 Å². The van der Waals surface area contributed by atoms with E-state index < -0.39 is 8.14 Å². The molecule has 0 N–H and O–H groups in total. The molecule has 56 valence electrons. The van der Waals surface area contributed by atoms with Crippen LogP contribution in [0.3, 0.4) is 0 Å². The molecule has 1 rings (SSSR count). The SMILES string of the molecule is CCC1CCC1.Cl[SiH2]Cl. The maximum atomic E-state index is 4.90. The van der Waals surface area contributed by atoms with Crippen molar-refractivity contribution >= 4 is 30.3 Å². The molecule has 0 amide bonds. The summed E-state index contributed by atoms with van der Waals surface area (Å²) in [6.07, 6.45) is 5.94. The first-order chi connectivity index (χ1) is 4.35. The third-order valence-corrected chi connectivity index (χ3v) is 1.80. The zero-order valence-corrected chi connectivity index (χ0v) is 8.79. The van der Waals surface area contributed by atoms with E-state index in [-0.39, 0.29) is 0 Å². The average molecular weight is 185 g/mol. The molecule has 3 heteroatoms. The first-order valence-electron chi connectivity index (χ1n) is 3.47. The molecule has 1 aliphatic rings. The molecular weight excluding hydrogens is 171 g/mol. The molecule has 0 bridgehead atoms. The van der Waals surface area contributed by atoms with Crippen molar-refractivity contribution in [1.29, 1.82) is 0 Å². The first-order valence-corrected chi connectivity index (χ1v) is 7.74. The Morgan fingerprint density at radius 2 is 1.89 bits per heavy atom. The molecule has 0 aromatic heterocycles. The van der Waals surface area contributed by atoms with Crippen LogP contribution in [-0.2, 0) is 0 Å². The summed E-state index contributed by atoms with van der Waals surface area (Å²) < 4.78 is 0. The first kappa shape index (κ1) is 9.80. The van der Waals surface area contributed by atoms with E-state index in [4.69, 9.17) is 22.2 Å². The maximum absolute atomic E-state index is 4.90. The molecule has 0 spiro atoms. The zero-order valence-electron chi connectivity index (χ0n) is 5.87. The van der Waals surface area contributed by atoms with E-state index in [0.29, 0.717) is 0 Å². The summed E-state index contributed by atoms with van der Waals surface area (Å²) in [7, 11) is -0.639. The Balaban J connectivity index is 0.000000187. The van der Waals surface area contributed by atoms with Crippen molar-refractivity contribution in [2.75, 3.05) is 0 Å². The Hall–Kier alpha value is 0.797. The Labute approximate surface area is 69.2 Å². The zero-order chi connectivity index (χ0) is 7.11. The van der Waals surface area contributed by atoms with Crippen molar-refractivity contribution < 1.29 is 0 Å². The number of rotatable bonds is 1. The molecule has 1 fully saturated rings. The molecule has 1 aliphatic carbocycles. The fraction of sp³-hybridized carbons (Fsp3) is 1.00. The Bertz CT molecular complexity index is 52.3. The van der Waals surface area contributed by atoms with Crippen LogP contribution in [0.4, 0.5) is 0 Å². The molecule has 0 saturated heterocycles. The van der Waals surface area contributed by atoms with Gasteiger partial charge in [-0.1, -0.05) is 32.6 Å². The van der Waals surface area contributed by atoms with Crippen LogP contribution >= 0.6 is 22.2 Å². The fourth-order valence-electron chi connectivity index (χ4n) is 0.901. The van der Waals surface area contributed by atoms with Crippen LogP contribution in [0.25, 0.3) is 0 Å². The quantitative estimate of drug-likeness (QED) is 0.435. The van der Waals surface area contributed by atoms with Crippen molar-refractivity contribution in [3.05, 3.63) is 0 Å². The highest BCUT2D eigenvalue weighted by Gasteiger charge is 2.13. The highest BCUT2D eigenvalue weighted by Crippen LogP contribution is 2.28. The van der Waals surface area contributed by atoms with Crippen molar-refractivity contribution in [2.45, 2.75) is 32.6 Å². The number of hydrogen-bond acceptors (Lipinski definition) is 0. The van der Waals surface area contributed by atoms with Crippen molar-refractivity contribution in [1.82, 2.24) is 0 Å². The molecule has 0 aliphatic heterocycles. The van der Waals surface area contributed by atoms with Crippen LogP contribution in [0.5, 0.6) is 0 Å². The smallest absolute Gasteiger partial charge is 0.155 e. The lowest BCUT2D eigenvalue weighted by Crippen LogP contribution is -2.08. The fourth-order valence-corrected chi connectivity index (χ4v) is 0.901. The molecule has 0 nitrogen and oxygen atoms in total. The number of halogens is 2. The normalized spacial score (nSPS) is 17.7. The lowest BCUT2D eigenvalue weighted by Gasteiger charge is -2.22. The van der Waals surface area contributed by atoms with Gasteiger partial charge in [0.1, 0.15) is 0 Å². The van der Waals surface area contributed by atoms with E-state index in [1.54, 1.807) is 0 Å². The lowest BCUT2D eigenvalue weighted by atomic mass is 9.84. The summed E-state index contributed by atoms with van der Waals surface area (Å²) in [5, 5.41) is 0. The van der Waals surface area contributed by atoms with Crippen LogP contribution in [0.1, 0.15) is 32.6 Å². The molecule has 0 unspecified atom stereocenters. The van der Waals surface area contributed by atoms with E-state index in [2.05, 4.69) is 6.92 Å². The maximum Gasteiger partial charge on any atom is 0.222 e. The Morgan fingerprint density at radius 3 is 1.89 bits per heavy atom. The van der Waals surface area contributed by atoms with E-state index in [9.17, 15) is 0 Å². The predicted molar refractivity (Wildman–Crippen MR) is 47.9 cm³/mol. The van der Waals surface area contributed by atoms with Gasteiger partial charge in [0.15, 0.2) is 0 Å². The molecular formula is C6H14Cl2Si. The standard InChI is InChI=1S/C6H12.Cl2H2Si/c1-2-6-4-3-5-6;1-3-2/h6H,2-5H2,1H3;3H2. The van der Waals surface area contributed by atoms with Gasteiger partial charge in [-0.05, 0) is 5.92 Å². The topological polar surface area (TPSA) is 0 Å². The minimum Gasteiger partial charge on any atom is -0.155 e. The average Bonchev–Trinajstić information content (AvgIpc) is 1.64.